The predicted molar refractivity (Wildman–Crippen MR) is 110 cm³/mol. The SMILES string of the molecule is COC1(C(=O)Nc2ccc(Sc3ccccc3Cl)cc2)CCNCC1.Cl. The van der Waals surface area contributed by atoms with Gasteiger partial charge in [-0.15, -0.1) is 12.4 Å². The summed E-state index contributed by atoms with van der Waals surface area (Å²) in [4.78, 5) is 14.7. The Morgan fingerprint density at radius 2 is 1.81 bits per heavy atom. The van der Waals surface area contributed by atoms with Crippen LogP contribution < -0.4 is 10.6 Å². The lowest BCUT2D eigenvalue weighted by Gasteiger charge is -2.34. The lowest BCUT2D eigenvalue weighted by molar-refractivity contribution is -0.140. The van der Waals surface area contributed by atoms with Crippen molar-refractivity contribution in [1.82, 2.24) is 5.32 Å². The van der Waals surface area contributed by atoms with E-state index in [1.165, 1.54) is 0 Å². The van der Waals surface area contributed by atoms with E-state index in [1.54, 1.807) is 18.9 Å². The molecule has 2 aromatic carbocycles. The average Bonchev–Trinajstić information content (AvgIpc) is 2.65. The summed E-state index contributed by atoms with van der Waals surface area (Å²) in [5.74, 6) is -0.0805. The molecule has 0 spiro atoms. The van der Waals surface area contributed by atoms with Crippen molar-refractivity contribution in [2.75, 3.05) is 25.5 Å². The molecule has 1 heterocycles. The predicted octanol–water partition coefficient (Wildman–Crippen LogP) is 4.62. The maximum atomic E-state index is 12.7. The molecule has 0 bridgehead atoms. The third-order valence-electron chi connectivity index (χ3n) is 4.39. The minimum Gasteiger partial charge on any atom is -0.368 e. The second-order valence-corrected chi connectivity index (χ2v) is 7.48. The Morgan fingerprint density at radius 1 is 1.15 bits per heavy atom. The van der Waals surface area contributed by atoms with Gasteiger partial charge in [0.1, 0.15) is 5.60 Å². The molecule has 0 saturated carbocycles. The standard InChI is InChI=1S/C19H21ClN2O2S.ClH/c1-24-19(10-12-21-13-11-19)18(23)22-14-6-8-15(9-7-14)25-17-5-3-2-4-16(17)20;/h2-9,21H,10-13H2,1H3,(H,22,23);1H. The zero-order valence-electron chi connectivity index (χ0n) is 14.5. The number of nitrogens with one attached hydrogen (secondary N) is 2. The van der Waals surface area contributed by atoms with E-state index in [2.05, 4.69) is 10.6 Å². The Balaban J connectivity index is 0.00000243. The number of halogens is 2. The van der Waals surface area contributed by atoms with E-state index < -0.39 is 5.60 Å². The maximum absolute atomic E-state index is 12.7. The Kier molecular flexibility index (Phi) is 7.80. The van der Waals surface area contributed by atoms with E-state index in [0.717, 1.165) is 33.6 Å². The van der Waals surface area contributed by atoms with Crippen LogP contribution in [0.5, 0.6) is 0 Å². The van der Waals surface area contributed by atoms with Crippen molar-refractivity contribution in [2.45, 2.75) is 28.2 Å². The van der Waals surface area contributed by atoms with Gasteiger partial charge in [-0.1, -0.05) is 35.5 Å². The number of piperidine rings is 1. The summed E-state index contributed by atoms with van der Waals surface area (Å²) in [5, 5.41) is 6.97. The lowest BCUT2D eigenvalue weighted by Crippen LogP contribution is -2.51. The molecule has 0 unspecified atom stereocenters. The van der Waals surface area contributed by atoms with E-state index in [0.29, 0.717) is 12.8 Å². The molecule has 2 aromatic rings. The first-order chi connectivity index (χ1) is 12.1. The molecule has 0 atom stereocenters. The Bertz CT molecular complexity index is 735. The number of methoxy groups -OCH3 is 1. The van der Waals surface area contributed by atoms with Crippen LogP contribution in [0.15, 0.2) is 58.3 Å². The normalized spacial score (nSPS) is 15.8. The lowest BCUT2D eigenvalue weighted by atomic mass is 9.91. The number of anilines is 1. The smallest absolute Gasteiger partial charge is 0.256 e. The number of carbonyl (C=O) groups excluding carboxylic acids is 1. The molecule has 7 heteroatoms. The van der Waals surface area contributed by atoms with E-state index in [1.807, 2.05) is 48.5 Å². The first-order valence-electron chi connectivity index (χ1n) is 8.23. The van der Waals surface area contributed by atoms with Gasteiger partial charge < -0.3 is 15.4 Å². The van der Waals surface area contributed by atoms with E-state index in [9.17, 15) is 4.79 Å². The van der Waals surface area contributed by atoms with E-state index in [-0.39, 0.29) is 18.3 Å². The van der Waals surface area contributed by atoms with Gasteiger partial charge in [0.15, 0.2) is 0 Å². The molecule has 2 N–H and O–H groups in total. The number of carbonyl (C=O) groups is 1. The zero-order valence-corrected chi connectivity index (χ0v) is 16.8. The Hall–Kier alpha value is -1.24. The number of hydrogen-bond donors (Lipinski definition) is 2. The molecule has 0 aliphatic carbocycles. The molecule has 26 heavy (non-hydrogen) atoms. The van der Waals surface area contributed by atoms with Crippen molar-refractivity contribution >= 4 is 47.4 Å². The third-order valence-corrected chi connectivity index (χ3v) is 5.92. The van der Waals surface area contributed by atoms with E-state index in [4.69, 9.17) is 16.3 Å². The van der Waals surface area contributed by atoms with Crippen LogP contribution in [-0.4, -0.2) is 31.7 Å². The van der Waals surface area contributed by atoms with Crippen LogP contribution in [0.1, 0.15) is 12.8 Å². The molecule has 4 nitrogen and oxygen atoms in total. The van der Waals surface area contributed by atoms with Gasteiger partial charge in [-0.05, 0) is 62.3 Å². The number of hydrogen-bond acceptors (Lipinski definition) is 4. The van der Waals surface area contributed by atoms with Gasteiger partial charge in [0.25, 0.3) is 5.91 Å². The molecule has 140 valence electrons. The van der Waals surface area contributed by atoms with Gasteiger partial charge in [0.05, 0.1) is 5.02 Å². The topological polar surface area (TPSA) is 50.4 Å². The van der Waals surface area contributed by atoms with Crippen LogP contribution in [0.2, 0.25) is 5.02 Å². The number of ether oxygens (including phenoxy) is 1. The van der Waals surface area contributed by atoms with Crippen LogP contribution in [0.25, 0.3) is 0 Å². The first-order valence-corrected chi connectivity index (χ1v) is 9.42. The van der Waals surface area contributed by atoms with E-state index >= 15 is 0 Å². The van der Waals surface area contributed by atoms with Crippen molar-refractivity contribution in [3.8, 4) is 0 Å². The monoisotopic (exact) mass is 412 g/mol. The van der Waals surface area contributed by atoms with Crippen molar-refractivity contribution in [3.05, 3.63) is 53.6 Å². The molecule has 1 saturated heterocycles. The largest absolute Gasteiger partial charge is 0.368 e. The second kappa shape index (κ2) is 9.62. The fourth-order valence-electron chi connectivity index (χ4n) is 2.86. The van der Waals surface area contributed by atoms with Crippen molar-refractivity contribution in [2.24, 2.45) is 0 Å². The third kappa shape index (κ3) is 4.93. The van der Waals surface area contributed by atoms with Crippen LogP contribution in [0, 0.1) is 0 Å². The summed E-state index contributed by atoms with van der Waals surface area (Å²) in [6.07, 6.45) is 1.35. The van der Waals surface area contributed by atoms with Crippen LogP contribution in [0.4, 0.5) is 5.69 Å². The number of rotatable bonds is 5. The van der Waals surface area contributed by atoms with Gasteiger partial charge in [0, 0.05) is 22.6 Å². The average molecular weight is 413 g/mol. The maximum Gasteiger partial charge on any atom is 0.256 e. The summed E-state index contributed by atoms with van der Waals surface area (Å²) in [5.41, 5.74) is 0.0273. The van der Waals surface area contributed by atoms with Gasteiger partial charge >= 0.3 is 0 Å². The highest BCUT2D eigenvalue weighted by Gasteiger charge is 2.39. The molecule has 1 amide bonds. The summed E-state index contributed by atoms with van der Waals surface area (Å²) < 4.78 is 5.56. The van der Waals surface area contributed by atoms with Gasteiger partial charge in [0.2, 0.25) is 0 Å². The van der Waals surface area contributed by atoms with Crippen molar-refractivity contribution in [3.63, 3.8) is 0 Å². The highest BCUT2D eigenvalue weighted by molar-refractivity contribution is 7.99. The molecule has 1 aliphatic heterocycles. The second-order valence-electron chi connectivity index (χ2n) is 5.96. The summed E-state index contributed by atoms with van der Waals surface area (Å²) >= 11 is 7.79. The fraction of sp³-hybridized carbons (Fsp3) is 0.316. The zero-order chi connectivity index (χ0) is 17.7. The summed E-state index contributed by atoms with van der Waals surface area (Å²) in [6, 6.07) is 15.5. The van der Waals surface area contributed by atoms with Gasteiger partial charge in [-0.3, -0.25) is 4.79 Å². The van der Waals surface area contributed by atoms with Crippen molar-refractivity contribution < 1.29 is 9.53 Å². The number of benzene rings is 2. The minimum atomic E-state index is -0.740. The number of amides is 1. The highest BCUT2D eigenvalue weighted by Crippen LogP contribution is 2.33. The molecule has 0 aromatic heterocycles. The van der Waals surface area contributed by atoms with Crippen molar-refractivity contribution in [1.29, 1.82) is 0 Å². The summed E-state index contributed by atoms with van der Waals surface area (Å²) in [7, 11) is 1.61. The minimum absolute atomic E-state index is 0. The van der Waals surface area contributed by atoms with Gasteiger partial charge in [-0.2, -0.15) is 0 Å². The first kappa shape index (κ1) is 21.1. The molecule has 0 radical (unpaired) electrons. The van der Waals surface area contributed by atoms with Crippen LogP contribution in [0.3, 0.4) is 0 Å². The fourth-order valence-corrected chi connectivity index (χ4v) is 3.95. The van der Waals surface area contributed by atoms with Crippen LogP contribution in [-0.2, 0) is 9.53 Å². The molecule has 1 aliphatic rings. The molecule has 1 fully saturated rings. The quantitative estimate of drug-likeness (QED) is 0.751. The Morgan fingerprint density at radius 3 is 2.42 bits per heavy atom. The molecular formula is C19H22Cl2N2O2S. The Labute approximate surface area is 169 Å². The van der Waals surface area contributed by atoms with Gasteiger partial charge in [-0.25, -0.2) is 0 Å². The highest BCUT2D eigenvalue weighted by atomic mass is 35.5. The summed E-state index contributed by atoms with van der Waals surface area (Å²) in [6.45, 7) is 1.57. The molecule has 3 rings (SSSR count). The van der Waals surface area contributed by atoms with Crippen LogP contribution >= 0.6 is 35.8 Å². The molecular weight excluding hydrogens is 391 g/mol.